The van der Waals surface area contributed by atoms with Crippen LogP contribution in [0.4, 0.5) is 0 Å². The van der Waals surface area contributed by atoms with Crippen molar-refractivity contribution in [3.63, 3.8) is 0 Å². The first kappa shape index (κ1) is 30.2. The average molecular weight is 242 g/mol. The molecule has 0 aliphatic carbocycles. The van der Waals surface area contributed by atoms with Gasteiger partial charge < -0.3 is 27.5 Å². The fourth-order valence-corrected chi connectivity index (χ4v) is 0. The Morgan fingerprint density at radius 1 is 1.00 bits per heavy atom. The average Bonchev–Trinajstić information content (AvgIpc) is 0.722. The third-order valence-corrected chi connectivity index (χ3v) is 0. The van der Waals surface area contributed by atoms with E-state index in [-0.39, 0.29) is 80.5 Å². The summed E-state index contributed by atoms with van der Waals surface area (Å²) in [4.78, 5) is 29.3. The summed E-state index contributed by atoms with van der Waals surface area (Å²) in [5.74, 6) is 0. The van der Waals surface area contributed by atoms with Crippen LogP contribution >= 0.6 is 0 Å². The van der Waals surface area contributed by atoms with E-state index in [1.54, 1.807) is 0 Å². The van der Waals surface area contributed by atoms with Crippen molar-refractivity contribution in [1.82, 2.24) is 0 Å². The summed E-state index contributed by atoms with van der Waals surface area (Å²) in [6, 6.07) is 0. The van der Waals surface area contributed by atoms with Crippen LogP contribution in [0.15, 0.2) is 0 Å². The first-order valence-electron chi connectivity index (χ1n) is 0.894. The van der Waals surface area contributed by atoms with Crippen molar-refractivity contribution in [1.29, 1.82) is 0 Å². The standard InChI is InChI=1S/Al.Ca.Fe.H4O4Si.H2O.5H/c;;;1-5(2,3)4;;;;;;/h;;;1-4H;1H2;;;;;/q;+2;;;;;;;2*-1. The van der Waals surface area contributed by atoms with E-state index in [4.69, 9.17) is 19.2 Å². The zero-order valence-electron chi connectivity index (χ0n) is 5.85. The van der Waals surface area contributed by atoms with Crippen LogP contribution in [0.25, 0.3) is 0 Å². The van der Waals surface area contributed by atoms with Gasteiger partial charge in [-0.15, -0.1) is 0 Å². The van der Waals surface area contributed by atoms with E-state index in [1.807, 2.05) is 0 Å². The van der Waals surface area contributed by atoms with Gasteiger partial charge in [-0.05, 0) is 0 Å². The Balaban J connectivity index is -0.00000000533. The second kappa shape index (κ2) is 13.0. The Hall–Kier alpha value is 2.33. The van der Waals surface area contributed by atoms with Gasteiger partial charge in [-0.25, -0.2) is 0 Å². The molecule has 6 N–H and O–H groups in total. The quantitative estimate of drug-likeness (QED) is 0.319. The molecule has 0 rings (SSSR count). The molecule has 0 aromatic heterocycles. The molecule has 0 aromatic rings. The molecule has 0 spiro atoms. The van der Waals surface area contributed by atoms with Gasteiger partial charge in [-0.2, -0.15) is 0 Å². The normalized spacial score (nSPS) is 6.67. The van der Waals surface area contributed by atoms with Crippen LogP contribution < -0.4 is 0 Å². The van der Waals surface area contributed by atoms with Crippen molar-refractivity contribution in [3.8, 4) is 0 Å². The molecule has 5 nitrogen and oxygen atoms in total. The second-order valence-electron chi connectivity index (χ2n) is 0.600. The molecule has 9 heteroatoms. The fraction of sp³-hybridized carbons (Fsp3) is 0. The van der Waals surface area contributed by atoms with Crippen LogP contribution in [0.5, 0.6) is 0 Å². The van der Waals surface area contributed by atoms with Gasteiger partial charge in [0.1, 0.15) is 0 Å². The minimum absolute atomic E-state index is 0. The maximum atomic E-state index is 7.33. The minimum Gasteiger partial charge on any atom is -1.00 e. The molecule has 0 fully saturated rings. The molecule has 0 saturated carbocycles. The summed E-state index contributed by atoms with van der Waals surface area (Å²) in [7, 11) is -4.61. The molecular weight excluding hydrogens is 231 g/mol. The van der Waals surface area contributed by atoms with E-state index < -0.39 is 9.05 Å². The number of hydrogen-bond donors (Lipinski definition) is 4. The van der Waals surface area contributed by atoms with Crippen molar-refractivity contribution in [2.75, 3.05) is 0 Å². The number of rotatable bonds is 0. The van der Waals surface area contributed by atoms with E-state index in [1.165, 1.54) is 0 Å². The summed E-state index contributed by atoms with van der Waals surface area (Å²) in [5, 5.41) is 0. The minimum atomic E-state index is -4.61. The summed E-state index contributed by atoms with van der Waals surface area (Å²) >= 11 is 0. The van der Waals surface area contributed by atoms with E-state index in [2.05, 4.69) is 0 Å². The van der Waals surface area contributed by atoms with Gasteiger partial charge in [-0.1, -0.05) is 0 Å². The van der Waals surface area contributed by atoms with Crippen LogP contribution in [-0.2, 0) is 17.1 Å². The summed E-state index contributed by atoms with van der Waals surface area (Å²) in [5.41, 5.74) is 0. The van der Waals surface area contributed by atoms with Crippen molar-refractivity contribution >= 4 is 64.1 Å². The maximum Gasteiger partial charge on any atom is 2.00 e. The van der Waals surface area contributed by atoms with Crippen LogP contribution in [0.1, 0.15) is 2.85 Å². The van der Waals surface area contributed by atoms with Gasteiger partial charge in [0, 0.05) is 17.1 Å². The van der Waals surface area contributed by atoms with Crippen LogP contribution in [0.3, 0.4) is 0 Å². The maximum absolute atomic E-state index is 7.33. The van der Waals surface area contributed by atoms with Crippen molar-refractivity contribution in [3.05, 3.63) is 0 Å². The van der Waals surface area contributed by atoms with Crippen LogP contribution in [0.2, 0.25) is 0 Å². The molecule has 0 atom stereocenters. The number of hydrogen-bond acceptors (Lipinski definition) is 4. The van der Waals surface area contributed by atoms with Crippen LogP contribution in [-0.4, -0.2) is 88.8 Å². The molecule has 0 radical (unpaired) electrons. The third kappa shape index (κ3) is 132. The smallest absolute Gasteiger partial charge is 1.00 e. The zero-order chi connectivity index (χ0) is 4.50. The van der Waals surface area contributed by atoms with Gasteiger partial charge in [0.2, 0.25) is 0 Å². The first-order chi connectivity index (χ1) is 2.00. The first-order valence-corrected chi connectivity index (χ1v) is 2.68. The Morgan fingerprint density at radius 2 is 1.00 bits per heavy atom. The summed E-state index contributed by atoms with van der Waals surface area (Å²) in [6.45, 7) is 0. The topological polar surface area (TPSA) is 112 Å². The molecule has 0 amide bonds. The Bertz CT molecular complexity index is 40.0. The fourth-order valence-electron chi connectivity index (χ4n) is 0. The summed E-state index contributed by atoms with van der Waals surface area (Å²) < 4.78 is 0. The van der Waals surface area contributed by atoms with Crippen molar-refractivity contribution in [2.24, 2.45) is 0 Å². The predicted octanol–water partition coefficient (Wildman–Crippen LogP) is -4.78. The SMILES string of the molecule is O.O[Si](O)(O)O.[AlH3].[Ca+2].[Fe].[H-].[H-]. The molecule has 0 saturated heterocycles. The van der Waals surface area contributed by atoms with Crippen molar-refractivity contribution in [2.45, 2.75) is 0 Å². The Labute approximate surface area is 107 Å². The van der Waals surface area contributed by atoms with Gasteiger partial charge in [0.15, 0.2) is 17.4 Å². The van der Waals surface area contributed by atoms with Gasteiger partial charge in [-0.3, -0.25) is 0 Å². The van der Waals surface area contributed by atoms with E-state index in [9.17, 15) is 0 Å². The van der Waals surface area contributed by atoms with Gasteiger partial charge in [0.25, 0.3) is 0 Å². The Morgan fingerprint density at radius 3 is 1.00 bits per heavy atom. The molecular formula is H11AlCaFeO5Si. The second-order valence-corrected chi connectivity index (χ2v) is 1.80. The Kier molecular flexibility index (Phi) is 43.4. The monoisotopic (exact) mass is 242 g/mol. The molecule has 0 aliphatic rings. The van der Waals surface area contributed by atoms with Crippen molar-refractivity contribution < 1.29 is 44.6 Å². The third-order valence-electron chi connectivity index (χ3n) is 0. The molecule has 58 valence electrons. The largest absolute Gasteiger partial charge is 2.00 e. The molecule has 0 bridgehead atoms. The zero-order valence-corrected chi connectivity index (χ0v) is 8.16. The van der Waals surface area contributed by atoms with Crippen LogP contribution in [0, 0.1) is 0 Å². The molecule has 0 unspecified atom stereocenters. The molecule has 9 heavy (non-hydrogen) atoms. The molecule has 0 aromatic carbocycles. The molecule has 0 heterocycles. The predicted molar refractivity (Wildman–Crippen MR) is 36.2 cm³/mol. The van der Waals surface area contributed by atoms with E-state index >= 15 is 0 Å². The molecule has 0 aliphatic heterocycles. The van der Waals surface area contributed by atoms with Gasteiger partial charge >= 0.3 is 46.8 Å². The van der Waals surface area contributed by atoms with E-state index in [0.29, 0.717) is 0 Å². The van der Waals surface area contributed by atoms with E-state index in [0.717, 1.165) is 0 Å². The van der Waals surface area contributed by atoms with Gasteiger partial charge in [0.05, 0.1) is 0 Å². The summed E-state index contributed by atoms with van der Waals surface area (Å²) in [6.07, 6.45) is 0.